The number of anilines is 6. The SMILES string of the molecule is c1ccc(N2B(B3Nc4ccccc4N3c3ccccn3)Nc3ccccc32)nc1. The third kappa shape index (κ3) is 2.61. The minimum atomic E-state index is -0.0910. The van der Waals surface area contributed by atoms with Gasteiger partial charge in [-0.25, -0.2) is 9.97 Å². The number of benzene rings is 2. The Kier molecular flexibility index (Phi) is 3.87. The van der Waals surface area contributed by atoms with Crippen LogP contribution in [0.3, 0.4) is 0 Å². The van der Waals surface area contributed by atoms with Crippen molar-refractivity contribution in [3.05, 3.63) is 97.3 Å². The number of rotatable bonds is 3. The van der Waals surface area contributed by atoms with Crippen molar-refractivity contribution in [2.24, 2.45) is 0 Å². The van der Waals surface area contributed by atoms with Crippen molar-refractivity contribution in [1.29, 1.82) is 0 Å². The van der Waals surface area contributed by atoms with E-state index in [1.54, 1.807) is 0 Å². The largest absolute Gasteiger partial charge is 0.410 e. The van der Waals surface area contributed by atoms with Crippen molar-refractivity contribution in [2.45, 2.75) is 0 Å². The highest BCUT2D eigenvalue weighted by atomic mass is 15.3. The van der Waals surface area contributed by atoms with E-state index in [2.05, 4.69) is 78.6 Å². The summed E-state index contributed by atoms with van der Waals surface area (Å²) in [6.45, 7) is -0.182. The number of nitrogens with one attached hydrogen (secondary N) is 2. The molecular formula is C22H18B2N6. The van der Waals surface area contributed by atoms with Crippen LogP contribution in [-0.4, -0.2) is 23.7 Å². The second kappa shape index (κ2) is 6.84. The summed E-state index contributed by atoms with van der Waals surface area (Å²) >= 11 is 0. The first kappa shape index (κ1) is 17.0. The molecule has 8 heteroatoms. The topological polar surface area (TPSA) is 56.3 Å². The molecule has 4 heterocycles. The molecule has 2 aromatic carbocycles. The zero-order chi connectivity index (χ0) is 19.9. The number of fused-ring (bicyclic) bond motifs is 2. The highest BCUT2D eigenvalue weighted by Crippen LogP contribution is 2.43. The number of hydrogen-bond donors (Lipinski definition) is 2. The van der Waals surface area contributed by atoms with Gasteiger partial charge in [0.2, 0.25) is 0 Å². The molecule has 6 nitrogen and oxygen atoms in total. The Morgan fingerprint density at radius 1 is 0.533 bits per heavy atom. The molecule has 4 aromatic rings. The molecule has 2 N–H and O–H groups in total. The number of aromatic nitrogens is 2. The normalized spacial score (nSPS) is 14.3. The molecule has 30 heavy (non-hydrogen) atoms. The van der Waals surface area contributed by atoms with Crippen LogP contribution in [-0.2, 0) is 0 Å². The molecule has 0 saturated carbocycles. The van der Waals surface area contributed by atoms with Crippen molar-refractivity contribution in [1.82, 2.24) is 9.97 Å². The molecule has 2 aromatic heterocycles. The molecule has 0 aliphatic carbocycles. The third-order valence-corrected chi connectivity index (χ3v) is 5.58. The van der Waals surface area contributed by atoms with Crippen molar-refractivity contribution in [3.8, 4) is 0 Å². The zero-order valence-electron chi connectivity index (χ0n) is 16.2. The Hall–Kier alpha value is -3.93. The van der Waals surface area contributed by atoms with E-state index in [0.29, 0.717) is 0 Å². The lowest BCUT2D eigenvalue weighted by molar-refractivity contribution is 1.24. The average Bonchev–Trinajstić information content (AvgIpc) is 3.39. The maximum Gasteiger partial charge on any atom is 0.394 e. The van der Waals surface area contributed by atoms with Gasteiger partial charge in [-0.15, -0.1) is 0 Å². The number of para-hydroxylation sites is 4. The van der Waals surface area contributed by atoms with Crippen LogP contribution >= 0.6 is 0 Å². The fraction of sp³-hybridized carbons (Fsp3) is 0. The van der Waals surface area contributed by atoms with Gasteiger partial charge in [0.1, 0.15) is 11.6 Å². The fourth-order valence-electron chi connectivity index (χ4n) is 4.32. The van der Waals surface area contributed by atoms with Crippen LogP contribution < -0.4 is 20.1 Å². The molecule has 0 bridgehead atoms. The van der Waals surface area contributed by atoms with E-state index in [-0.39, 0.29) is 13.7 Å². The fourth-order valence-corrected chi connectivity index (χ4v) is 4.32. The van der Waals surface area contributed by atoms with Gasteiger partial charge in [-0.2, -0.15) is 0 Å². The molecule has 0 saturated heterocycles. The molecule has 6 rings (SSSR count). The van der Waals surface area contributed by atoms with Crippen molar-refractivity contribution in [3.63, 3.8) is 0 Å². The Labute approximate surface area is 175 Å². The summed E-state index contributed by atoms with van der Waals surface area (Å²) in [5, 5.41) is 7.43. The van der Waals surface area contributed by atoms with Gasteiger partial charge < -0.3 is 20.1 Å². The quantitative estimate of drug-likeness (QED) is 0.509. The Bertz CT molecular complexity index is 1100. The van der Waals surface area contributed by atoms with Crippen molar-refractivity contribution in [2.75, 3.05) is 20.1 Å². The van der Waals surface area contributed by atoms with E-state index in [9.17, 15) is 0 Å². The summed E-state index contributed by atoms with van der Waals surface area (Å²) in [4.78, 5) is 13.8. The summed E-state index contributed by atoms with van der Waals surface area (Å²) < 4.78 is 0. The molecule has 0 amide bonds. The Morgan fingerprint density at radius 2 is 0.967 bits per heavy atom. The highest BCUT2D eigenvalue weighted by Gasteiger charge is 2.51. The monoisotopic (exact) mass is 388 g/mol. The van der Waals surface area contributed by atoms with Gasteiger partial charge in [0, 0.05) is 23.8 Å². The molecule has 2 aliphatic heterocycles. The smallest absolute Gasteiger partial charge is 0.394 e. The van der Waals surface area contributed by atoms with Gasteiger partial charge in [0.05, 0.1) is 11.4 Å². The van der Waals surface area contributed by atoms with Crippen LogP contribution in [0.25, 0.3) is 0 Å². The highest BCUT2D eigenvalue weighted by molar-refractivity contribution is 7.29. The zero-order valence-corrected chi connectivity index (χ0v) is 16.2. The summed E-state index contributed by atoms with van der Waals surface area (Å²) in [6.07, 6.45) is 3.67. The molecular weight excluding hydrogens is 370 g/mol. The third-order valence-electron chi connectivity index (χ3n) is 5.58. The molecule has 142 valence electrons. The average molecular weight is 388 g/mol. The van der Waals surface area contributed by atoms with Crippen molar-refractivity contribution < 1.29 is 0 Å². The van der Waals surface area contributed by atoms with Crippen LogP contribution in [0.1, 0.15) is 0 Å². The van der Waals surface area contributed by atoms with Crippen molar-refractivity contribution >= 4 is 48.1 Å². The van der Waals surface area contributed by atoms with Gasteiger partial charge in [-0.1, -0.05) is 36.4 Å². The predicted molar refractivity (Wildman–Crippen MR) is 124 cm³/mol. The maximum atomic E-state index is 4.65. The number of nitrogens with zero attached hydrogens (tertiary/aromatic N) is 4. The van der Waals surface area contributed by atoms with E-state index >= 15 is 0 Å². The first-order valence-corrected chi connectivity index (χ1v) is 10.0. The molecule has 0 fully saturated rings. The Morgan fingerprint density at radius 3 is 1.40 bits per heavy atom. The summed E-state index contributed by atoms with van der Waals surface area (Å²) in [5.41, 5.74) is 4.40. The maximum absolute atomic E-state index is 4.65. The lowest BCUT2D eigenvalue weighted by Crippen LogP contribution is -2.61. The van der Waals surface area contributed by atoms with Crippen LogP contribution in [0.15, 0.2) is 97.3 Å². The minimum Gasteiger partial charge on any atom is -0.410 e. The van der Waals surface area contributed by atoms with Gasteiger partial charge in [0.25, 0.3) is 0 Å². The molecule has 0 spiro atoms. The standard InChI is InChI=1S/C22H18B2N6/c1-3-11-19-17(9-1)27-23(29(19)21-13-5-7-15-25-21)24-28-18-10-2-4-12-20(18)30(24)22-14-6-8-16-26-22/h1-16,27-28H. The minimum absolute atomic E-state index is 0.0910. The second-order valence-electron chi connectivity index (χ2n) is 7.33. The summed E-state index contributed by atoms with van der Waals surface area (Å²) in [6, 6.07) is 28.7. The van der Waals surface area contributed by atoms with E-state index in [0.717, 1.165) is 34.4 Å². The van der Waals surface area contributed by atoms with Crippen LogP contribution in [0.5, 0.6) is 0 Å². The van der Waals surface area contributed by atoms with Crippen LogP contribution in [0.2, 0.25) is 0 Å². The molecule has 0 unspecified atom stereocenters. The summed E-state index contributed by atoms with van der Waals surface area (Å²) in [7, 11) is 0. The molecule has 0 radical (unpaired) electrons. The summed E-state index contributed by atoms with van der Waals surface area (Å²) in [5.74, 6) is 1.80. The lowest BCUT2D eigenvalue weighted by Gasteiger charge is -2.30. The van der Waals surface area contributed by atoms with Gasteiger partial charge in [-0.3, -0.25) is 0 Å². The van der Waals surface area contributed by atoms with Crippen LogP contribution in [0, 0.1) is 0 Å². The van der Waals surface area contributed by atoms with E-state index < -0.39 is 0 Å². The predicted octanol–water partition coefficient (Wildman–Crippen LogP) is 4.36. The lowest BCUT2D eigenvalue weighted by atomic mass is 9.33. The van der Waals surface area contributed by atoms with E-state index in [4.69, 9.17) is 0 Å². The van der Waals surface area contributed by atoms with Crippen LogP contribution in [0.4, 0.5) is 34.4 Å². The first-order valence-electron chi connectivity index (χ1n) is 10.0. The molecule has 2 aliphatic rings. The Balaban J connectivity index is 1.49. The molecule has 0 atom stereocenters. The van der Waals surface area contributed by atoms with E-state index in [1.807, 2.05) is 48.8 Å². The van der Waals surface area contributed by atoms with Gasteiger partial charge in [0.15, 0.2) is 0 Å². The van der Waals surface area contributed by atoms with Gasteiger partial charge >= 0.3 is 13.7 Å². The number of hydrogen-bond acceptors (Lipinski definition) is 6. The second-order valence-corrected chi connectivity index (χ2v) is 7.33. The van der Waals surface area contributed by atoms with E-state index in [1.165, 1.54) is 0 Å². The first-order chi connectivity index (χ1) is 14.9. The number of pyridine rings is 2. The van der Waals surface area contributed by atoms with Gasteiger partial charge in [-0.05, 0) is 48.5 Å².